The van der Waals surface area contributed by atoms with Gasteiger partial charge in [0.1, 0.15) is 17.1 Å². The maximum Gasteiger partial charge on any atom is 0.258 e. The van der Waals surface area contributed by atoms with Gasteiger partial charge in [-0.3, -0.25) is 4.79 Å². The second-order valence-corrected chi connectivity index (χ2v) is 3.75. The predicted octanol–water partition coefficient (Wildman–Crippen LogP) is 0.793. The third kappa shape index (κ3) is 2.60. The van der Waals surface area contributed by atoms with Crippen LogP contribution in [0.25, 0.3) is 0 Å². The summed E-state index contributed by atoms with van der Waals surface area (Å²) in [7, 11) is 0. The van der Waals surface area contributed by atoms with Crippen molar-refractivity contribution in [1.29, 1.82) is 0 Å². The molecule has 6 heteroatoms. The van der Waals surface area contributed by atoms with Crippen molar-refractivity contribution in [1.82, 2.24) is 15.3 Å². The van der Waals surface area contributed by atoms with Crippen LogP contribution in [0.2, 0.25) is 0 Å². The molecule has 0 atom stereocenters. The van der Waals surface area contributed by atoms with Crippen LogP contribution in [0.1, 0.15) is 16.1 Å². The van der Waals surface area contributed by atoms with E-state index in [0.29, 0.717) is 13.0 Å². The van der Waals surface area contributed by atoms with Gasteiger partial charge < -0.3 is 20.5 Å². The van der Waals surface area contributed by atoms with E-state index < -0.39 is 5.91 Å². The molecule has 94 valence electrons. The number of phenols is 2. The van der Waals surface area contributed by atoms with Crippen LogP contribution >= 0.6 is 0 Å². The molecule has 0 aliphatic carbocycles. The maximum atomic E-state index is 11.8. The van der Waals surface area contributed by atoms with Gasteiger partial charge in [-0.2, -0.15) is 0 Å². The van der Waals surface area contributed by atoms with Gasteiger partial charge >= 0.3 is 0 Å². The number of hydrogen-bond acceptors (Lipinski definition) is 4. The van der Waals surface area contributed by atoms with Crippen LogP contribution in [-0.4, -0.2) is 32.6 Å². The second kappa shape index (κ2) is 5.22. The third-order valence-corrected chi connectivity index (χ3v) is 2.48. The molecule has 1 aromatic carbocycles. The van der Waals surface area contributed by atoms with Crippen molar-refractivity contribution < 1.29 is 15.0 Å². The second-order valence-electron chi connectivity index (χ2n) is 3.75. The van der Waals surface area contributed by atoms with Crippen molar-refractivity contribution in [3.8, 4) is 11.5 Å². The molecule has 0 saturated heterocycles. The number of phenolic OH excluding ortho intramolecular Hbond substituents is 2. The molecule has 1 heterocycles. The first-order valence-electron chi connectivity index (χ1n) is 5.45. The number of carbonyl (C=O) groups excluding carboxylic acids is 1. The van der Waals surface area contributed by atoms with Crippen molar-refractivity contribution in [2.24, 2.45) is 0 Å². The summed E-state index contributed by atoms with van der Waals surface area (Å²) in [6, 6.07) is 4.17. The van der Waals surface area contributed by atoms with E-state index >= 15 is 0 Å². The normalized spacial score (nSPS) is 10.2. The van der Waals surface area contributed by atoms with Crippen molar-refractivity contribution >= 4 is 5.91 Å². The van der Waals surface area contributed by atoms with E-state index in [1.54, 1.807) is 12.5 Å². The van der Waals surface area contributed by atoms with Gasteiger partial charge in [-0.25, -0.2) is 4.98 Å². The standard InChI is InChI=1S/C12H13N3O3/c16-9-2-1-3-10(17)11(9)12(18)14-5-4-8-6-13-7-15-8/h1-3,6-7,16-17H,4-5H2,(H,13,15)(H,14,18). The van der Waals surface area contributed by atoms with E-state index in [-0.39, 0.29) is 17.1 Å². The smallest absolute Gasteiger partial charge is 0.258 e. The van der Waals surface area contributed by atoms with Crippen molar-refractivity contribution in [3.05, 3.63) is 42.0 Å². The van der Waals surface area contributed by atoms with E-state index in [1.165, 1.54) is 18.2 Å². The van der Waals surface area contributed by atoms with Gasteiger partial charge in [0.05, 0.1) is 6.33 Å². The summed E-state index contributed by atoms with van der Waals surface area (Å²) in [5.74, 6) is -0.992. The van der Waals surface area contributed by atoms with Crippen LogP contribution in [0, 0.1) is 0 Å². The molecule has 0 spiro atoms. The van der Waals surface area contributed by atoms with Gasteiger partial charge in [0.15, 0.2) is 0 Å². The number of aromatic amines is 1. The molecule has 0 saturated carbocycles. The zero-order valence-corrected chi connectivity index (χ0v) is 9.55. The number of carbonyl (C=O) groups is 1. The maximum absolute atomic E-state index is 11.8. The fourth-order valence-corrected chi connectivity index (χ4v) is 1.58. The molecule has 0 fully saturated rings. The zero-order chi connectivity index (χ0) is 13.0. The highest BCUT2D eigenvalue weighted by molar-refractivity contribution is 5.99. The van der Waals surface area contributed by atoms with Crippen molar-refractivity contribution in [2.45, 2.75) is 6.42 Å². The number of aromatic hydroxyl groups is 2. The first-order chi connectivity index (χ1) is 8.68. The largest absolute Gasteiger partial charge is 0.507 e. The average molecular weight is 247 g/mol. The first kappa shape index (κ1) is 12.0. The highest BCUT2D eigenvalue weighted by atomic mass is 16.3. The number of nitrogens with zero attached hydrogens (tertiary/aromatic N) is 1. The minimum Gasteiger partial charge on any atom is -0.507 e. The lowest BCUT2D eigenvalue weighted by atomic mass is 10.1. The van der Waals surface area contributed by atoms with Crippen LogP contribution < -0.4 is 5.32 Å². The first-order valence-corrected chi connectivity index (χ1v) is 5.45. The zero-order valence-electron chi connectivity index (χ0n) is 9.55. The number of hydrogen-bond donors (Lipinski definition) is 4. The van der Waals surface area contributed by atoms with Crippen LogP contribution in [0.5, 0.6) is 11.5 Å². The molecule has 0 unspecified atom stereocenters. The van der Waals surface area contributed by atoms with E-state index in [4.69, 9.17) is 0 Å². The highest BCUT2D eigenvalue weighted by Crippen LogP contribution is 2.25. The van der Waals surface area contributed by atoms with E-state index in [9.17, 15) is 15.0 Å². The monoisotopic (exact) mass is 247 g/mol. The SMILES string of the molecule is O=C(NCCc1cnc[nH]1)c1c(O)cccc1O. The number of H-pyrrole nitrogens is 1. The fraction of sp³-hybridized carbons (Fsp3) is 0.167. The van der Waals surface area contributed by atoms with Crippen LogP contribution in [0.4, 0.5) is 0 Å². The summed E-state index contributed by atoms with van der Waals surface area (Å²) in [4.78, 5) is 18.5. The molecular weight excluding hydrogens is 234 g/mol. The Morgan fingerprint density at radius 2 is 2.06 bits per heavy atom. The van der Waals surface area contributed by atoms with Gasteiger partial charge in [-0.15, -0.1) is 0 Å². The van der Waals surface area contributed by atoms with Gasteiger partial charge in [0, 0.05) is 24.9 Å². The Morgan fingerprint density at radius 1 is 1.33 bits per heavy atom. The summed E-state index contributed by atoms with van der Waals surface area (Å²) < 4.78 is 0. The van der Waals surface area contributed by atoms with Crippen molar-refractivity contribution in [3.63, 3.8) is 0 Å². The van der Waals surface area contributed by atoms with E-state index in [0.717, 1.165) is 5.69 Å². The number of rotatable bonds is 4. The van der Waals surface area contributed by atoms with Gasteiger partial charge in [0.25, 0.3) is 5.91 Å². The Morgan fingerprint density at radius 3 is 2.67 bits per heavy atom. The minimum absolute atomic E-state index is 0.109. The fourth-order valence-electron chi connectivity index (χ4n) is 1.58. The Kier molecular flexibility index (Phi) is 3.47. The predicted molar refractivity (Wildman–Crippen MR) is 64.4 cm³/mol. The Labute approximate surface area is 103 Å². The lowest BCUT2D eigenvalue weighted by Crippen LogP contribution is -2.25. The highest BCUT2D eigenvalue weighted by Gasteiger charge is 2.15. The molecule has 0 bridgehead atoms. The molecule has 0 aliphatic rings. The van der Waals surface area contributed by atoms with E-state index in [1.807, 2.05) is 0 Å². The molecule has 1 amide bonds. The Hall–Kier alpha value is -2.50. The molecule has 0 radical (unpaired) electrons. The van der Waals surface area contributed by atoms with Gasteiger partial charge in [0.2, 0.25) is 0 Å². The lowest BCUT2D eigenvalue weighted by molar-refractivity contribution is 0.0948. The summed E-state index contributed by atoms with van der Waals surface area (Å²) in [6.07, 6.45) is 3.83. The third-order valence-electron chi connectivity index (χ3n) is 2.48. The Bertz CT molecular complexity index is 517. The van der Waals surface area contributed by atoms with Crippen LogP contribution in [0.15, 0.2) is 30.7 Å². The molecule has 0 aliphatic heterocycles. The summed E-state index contributed by atoms with van der Waals surface area (Å²) in [5.41, 5.74) is 0.791. The lowest BCUT2D eigenvalue weighted by Gasteiger charge is -2.07. The quantitative estimate of drug-likeness (QED) is 0.642. The molecule has 1 aromatic heterocycles. The molecule has 2 aromatic rings. The molecular formula is C12H13N3O3. The van der Waals surface area contributed by atoms with Gasteiger partial charge in [-0.05, 0) is 12.1 Å². The average Bonchev–Trinajstić information content (AvgIpc) is 2.82. The number of nitrogens with one attached hydrogen (secondary N) is 2. The van der Waals surface area contributed by atoms with Crippen molar-refractivity contribution in [2.75, 3.05) is 6.54 Å². The molecule has 2 rings (SSSR count). The van der Waals surface area contributed by atoms with Gasteiger partial charge in [-0.1, -0.05) is 6.07 Å². The molecule has 18 heavy (non-hydrogen) atoms. The summed E-state index contributed by atoms with van der Waals surface area (Å²) in [5, 5.41) is 21.6. The summed E-state index contributed by atoms with van der Waals surface area (Å²) >= 11 is 0. The minimum atomic E-state index is -0.509. The topological polar surface area (TPSA) is 98.2 Å². The Balaban J connectivity index is 1.96. The van der Waals surface area contributed by atoms with Crippen LogP contribution in [-0.2, 0) is 6.42 Å². The molecule has 4 N–H and O–H groups in total. The summed E-state index contributed by atoms with van der Waals surface area (Å²) in [6.45, 7) is 0.384. The number of aromatic nitrogens is 2. The van der Waals surface area contributed by atoms with Crippen LogP contribution in [0.3, 0.4) is 0 Å². The molecule has 6 nitrogen and oxygen atoms in total. The number of imidazole rings is 1. The number of benzene rings is 1. The number of amides is 1. The van der Waals surface area contributed by atoms with E-state index in [2.05, 4.69) is 15.3 Å².